The Labute approximate surface area is 169 Å². The van der Waals surface area contributed by atoms with Crippen molar-refractivity contribution in [2.45, 2.75) is 20.8 Å². The summed E-state index contributed by atoms with van der Waals surface area (Å²) in [5.74, 6) is 1.23. The number of piperazine rings is 1. The molecule has 1 N–H and O–H groups in total. The number of urea groups is 1. The van der Waals surface area contributed by atoms with Gasteiger partial charge in [0.2, 0.25) is 5.71 Å². The molecule has 2 amide bonds. The lowest BCUT2D eigenvalue weighted by atomic mass is 10.1. The van der Waals surface area contributed by atoms with Gasteiger partial charge >= 0.3 is 6.03 Å². The van der Waals surface area contributed by atoms with E-state index in [1.807, 2.05) is 6.92 Å². The summed E-state index contributed by atoms with van der Waals surface area (Å²) in [5, 5.41) is 2.83. The van der Waals surface area contributed by atoms with Crippen molar-refractivity contribution >= 4 is 28.8 Å². The number of methoxy groups -OCH3 is 1. The molecule has 0 radical (unpaired) electrons. The molecule has 2 aromatic heterocycles. The fourth-order valence-electron chi connectivity index (χ4n) is 3.67. The van der Waals surface area contributed by atoms with Crippen LogP contribution in [0.25, 0.3) is 11.2 Å². The number of rotatable bonds is 3. The lowest BCUT2D eigenvalue weighted by Crippen LogP contribution is -2.50. The maximum absolute atomic E-state index is 12.8. The van der Waals surface area contributed by atoms with Gasteiger partial charge in [0.15, 0.2) is 5.82 Å². The predicted molar refractivity (Wildman–Crippen MR) is 112 cm³/mol. The van der Waals surface area contributed by atoms with Gasteiger partial charge in [-0.2, -0.15) is 4.98 Å². The Hall–Kier alpha value is -3.29. The molecule has 1 aliphatic heterocycles. The minimum atomic E-state index is -0.211. The van der Waals surface area contributed by atoms with Crippen molar-refractivity contribution in [2.24, 2.45) is 0 Å². The van der Waals surface area contributed by atoms with Crippen LogP contribution in [0.2, 0.25) is 0 Å². The summed E-state index contributed by atoms with van der Waals surface area (Å²) in [6, 6.07) is 8.11. The first-order valence-corrected chi connectivity index (χ1v) is 9.64. The third-order valence-electron chi connectivity index (χ3n) is 5.01. The van der Waals surface area contributed by atoms with Gasteiger partial charge in [-0.25, -0.2) is 9.78 Å². The van der Waals surface area contributed by atoms with Gasteiger partial charge in [-0.05, 0) is 44.0 Å². The number of carbonyl (C=O) groups is 1. The van der Waals surface area contributed by atoms with Gasteiger partial charge in [0.05, 0.1) is 7.11 Å². The predicted octanol–water partition coefficient (Wildman–Crippen LogP) is 3.51. The first kappa shape index (κ1) is 19.0. The molecule has 3 heterocycles. The van der Waals surface area contributed by atoms with Gasteiger partial charge in [0.1, 0.15) is 11.3 Å². The number of benzene rings is 1. The molecule has 1 aromatic carbocycles. The second-order valence-corrected chi connectivity index (χ2v) is 7.38. The largest absolute Gasteiger partial charge is 0.478 e. The van der Waals surface area contributed by atoms with E-state index in [-0.39, 0.29) is 11.9 Å². The summed E-state index contributed by atoms with van der Waals surface area (Å²) in [6.07, 6.45) is 0. The number of anilines is 2. The standard InChI is InChI=1S/C21H25N5O3/c1-13-9-14(2)11-16(10-13)25-5-7-26(8-6-25)21(27)23-18-20(28-4)24-19-17(22-18)12-15(3)29-19/h9-12H,5-8H2,1-4H3,(H,22,23,27). The molecular weight excluding hydrogens is 370 g/mol. The first-order chi connectivity index (χ1) is 13.9. The number of nitrogens with zero attached hydrogens (tertiary/aromatic N) is 4. The van der Waals surface area contributed by atoms with Gasteiger partial charge in [-0.1, -0.05) is 6.07 Å². The quantitative estimate of drug-likeness (QED) is 0.731. The van der Waals surface area contributed by atoms with Crippen LogP contribution in [0.1, 0.15) is 16.9 Å². The molecule has 1 aliphatic rings. The number of fused-ring (bicyclic) bond motifs is 1. The first-order valence-electron chi connectivity index (χ1n) is 9.64. The highest BCUT2D eigenvalue weighted by atomic mass is 16.5. The number of carbonyl (C=O) groups excluding carboxylic acids is 1. The molecule has 0 saturated carbocycles. The highest BCUT2D eigenvalue weighted by molar-refractivity contribution is 5.90. The maximum Gasteiger partial charge on any atom is 0.323 e. The van der Waals surface area contributed by atoms with Gasteiger partial charge < -0.3 is 19.0 Å². The molecule has 4 rings (SSSR count). The Bertz CT molecular complexity index is 1030. The van der Waals surface area contributed by atoms with Crippen molar-refractivity contribution in [1.82, 2.24) is 14.9 Å². The summed E-state index contributed by atoms with van der Waals surface area (Å²) in [4.78, 5) is 25.6. The third kappa shape index (κ3) is 3.96. The number of hydrogen-bond donors (Lipinski definition) is 1. The van der Waals surface area contributed by atoms with E-state index < -0.39 is 0 Å². The highest BCUT2D eigenvalue weighted by Gasteiger charge is 2.23. The van der Waals surface area contributed by atoms with Crippen LogP contribution < -0.4 is 15.0 Å². The van der Waals surface area contributed by atoms with E-state index in [0.717, 1.165) is 13.1 Å². The summed E-state index contributed by atoms with van der Waals surface area (Å²) >= 11 is 0. The van der Waals surface area contributed by atoms with Gasteiger partial charge in [-0.3, -0.25) is 5.32 Å². The smallest absolute Gasteiger partial charge is 0.323 e. The Kier molecular flexibility index (Phi) is 5.00. The normalized spacial score (nSPS) is 14.3. The topological polar surface area (TPSA) is 83.7 Å². The minimum Gasteiger partial charge on any atom is -0.478 e. The van der Waals surface area contributed by atoms with Gasteiger partial charge in [0.25, 0.3) is 5.88 Å². The van der Waals surface area contributed by atoms with E-state index >= 15 is 0 Å². The molecule has 8 nitrogen and oxygen atoms in total. The fourth-order valence-corrected chi connectivity index (χ4v) is 3.67. The molecule has 29 heavy (non-hydrogen) atoms. The number of aryl methyl sites for hydroxylation is 3. The molecule has 0 bridgehead atoms. The summed E-state index contributed by atoms with van der Waals surface area (Å²) < 4.78 is 10.7. The van der Waals surface area contributed by atoms with Crippen molar-refractivity contribution in [3.05, 3.63) is 41.2 Å². The van der Waals surface area contributed by atoms with Crippen LogP contribution in [-0.4, -0.2) is 54.2 Å². The molecular formula is C21H25N5O3. The highest BCUT2D eigenvalue weighted by Crippen LogP contribution is 2.26. The number of furan rings is 1. The van der Waals surface area contributed by atoms with Gasteiger partial charge in [-0.15, -0.1) is 0 Å². The summed E-state index contributed by atoms with van der Waals surface area (Å²) in [6.45, 7) is 8.84. The summed E-state index contributed by atoms with van der Waals surface area (Å²) in [7, 11) is 1.49. The van der Waals surface area contributed by atoms with Crippen molar-refractivity contribution < 1.29 is 13.9 Å². The van der Waals surface area contributed by atoms with Crippen LogP contribution in [0, 0.1) is 20.8 Å². The van der Waals surface area contributed by atoms with E-state index in [0.29, 0.717) is 35.9 Å². The maximum atomic E-state index is 12.8. The molecule has 0 spiro atoms. The second kappa shape index (κ2) is 7.62. The molecule has 0 aliphatic carbocycles. The number of amides is 2. The zero-order valence-corrected chi connectivity index (χ0v) is 17.2. The molecule has 1 fully saturated rings. The van der Waals surface area contributed by atoms with Gasteiger partial charge in [0, 0.05) is 37.9 Å². The van der Waals surface area contributed by atoms with Crippen LogP contribution in [0.15, 0.2) is 28.7 Å². The molecule has 0 unspecified atom stereocenters. The molecule has 1 saturated heterocycles. The van der Waals surface area contributed by atoms with E-state index in [2.05, 4.69) is 52.2 Å². The Morgan fingerprint density at radius 3 is 2.38 bits per heavy atom. The number of ether oxygens (including phenoxy) is 1. The van der Waals surface area contributed by atoms with Crippen LogP contribution in [0.5, 0.6) is 5.88 Å². The lowest BCUT2D eigenvalue weighted by Gasteiger charge is -2.36. The average Bonchev–Trinajstić information content (AvgIpc) is 3.05. The molecule has 0 atom stereocenters. The minimum absolute atomic E-state index is 0.211. The lowest BCUT2D eigenvalue weighted by molar-refractivity contribution is 0.208. The van der Waals surface area contributed by atoms with Crippen LogP contribution >= 0.6 is 0 Å². The zero-order chi connectivity index (χ0) is 20.5. The SMILES string of the molecule is COc1nc2oc(C)cc2nc1NC(=O)N1CCN(c2cc(C)cc(C)c2)CC1. The van der Waals surface area contributed by atoms with E-state index in [9.17, 15) is 4.79 Å². The third-order valence-corrected chi connectivity index (χ3v) is 5.01. The van der Waals surface area contributed by atoms with Crippen molar-refractivity contribution in [3.63, 3.8) is 0 Å². The van der Waals surface area contributed by atoms with Crippen molar-refractivity contribution in [2.75, 3.05) is 43.5 Å². The number of aromatic nitrogens is 2. The Balaban J connectivity index is 1.44. The molecule has 3 aromatic rings. The monoisotopic (exact) mass is 395 g/mol. The van der Waals surface area contributed by atoms with E-state index in [4.69, 9.17) is 9.15 Å². The Morgan fingerprint density at radius 1 is 1.03 bits per heavy atom. The van der Waals surface area contributed by atoms with Crippen LogP contribution in [-0.2, 0) is 0 Å². The molecule has 8 heteroatoms. The fraction of sp³-hybridized carbons (Fsp3) is 0.381. The van der Waals surface area contributed by atoms with Crippen molar-refractivity contribution in [3.8, 4) is 5.88 Å². The summed E-state index contributed by atoms with van der Waals surface area (Å²) in [5.41, 5.74) is 4.67. The van der Waals surface area contributed by atoms with Crippen LogP contribution in [0.4, 0.5) is 16.3 Å². The molecule has 152 valence electrons. The van der Waals surface area contributed by atoms with E-state index in [1.54, 1.807) is 11.0 Å². The second-order valence-electron chi connectivity index (χ2n) is 7.38. The van der Waals surface area contributed by atoms with E-state index in [1.165, 1.54) is 23.9 Å². The number of hydrogen-bond acceptors (Lipinski definition) is 6. The van der Waals surface area contributed by atoms with Crippen molar-refractivity contribution in [1.29, 1.82) is 0 Å². The Morgan fingerprint density at radius 2 is 1.72 bits per heavy atom. The van der Waals surface area contributed by atoms with Crippen LogP contribution in [0.3, 0.4) is 0 Å². The zero-order valence-electron chi connectivity index (χ0n) is 17.2. The number of nitrogens with one attached hydrogen (secondary N) is 1. The average molecular weight is 395 g/mol.